The highest BCUT2D eigenvalue weighted by molar-refractivity contribution is 5.77. The van der Waals surface area contributed by atoms with Gasteiger partial charge in [-0.25, -0.2) is 19.4 Å². The van der Waals surface area contributed by atoms with Crippen molar-refractivity contribution >= 4 is 6.02 Å². The van der Waals surface area contributed by atoms with Gasteiger partial charge in [0.05, 0.1) is 0 Å². The van der Waals surface area contributed by atoms with Crippen molar-refractivity contribution < 1.29 is 13.9 Å². The number of aromatic nitrogens is 2. The van der Waals surface area contributed by atoms with Crippen molar-refractivity contribution in [3.05, 3.63) is 71.8 Å². The van der Waals surface area contributed by atoms with Crippen LogP contribution < -0.4 is 10.5 Å². The third-order valence-electron chi connectivity index (χ3n) is 5.87. The van der Waals surface area contributed by atoms with Crippen LogP contribution in [-0.2, 0) is 10.3 Å². The first-order valence-electron chi connectivity index (χ1n) is 10.6. The molecule has 6 nitrogen and oxygen atoms in total. The van der Waals surface area contributed by atoms with Gasteiger partial charge >= 0.3 is 0 Å². The first-order chi connectivity index (χ1) is 15.2. The molecule has 0 bridgehead atoms. The molecule has 0 saturated heterocycles. The second kappa shape index (κ2) is 7.29. The Balaban J connectivity index is 1.65. The molecule has 2 atom stereocenters. The molecule has 0 aliphatic carbocycles. The number of alkyl halides is 1. The van der Waals surface area contributed by atoms with E-state index in [1.165, 1.54) is 6.33 Å². The van der Waals surface area contributed by atoms with Gasteiger partial charge in [0.25, 0.3) is 6.02 Å². The molecule has 0 fully saturated rings. The number of amidine groups is 1. The molecule has 7 heteroatoms. The minimum absolute atomic E-state index is 0.106. The summed E-state index contributed by atoms with van der Waals surface area (Å²) in [5.74, 6) is 1.29. The molecule has 3 aromatic rings. The summed E-state index contributed by atoms with van der Waals surface area (Å²) in [6.07, 6.45) is 4.30. The number of aliphatic imine (C=N–C) groups is 1. The van der Waals surface area contributed by atoms with Crippen molar-refractivity contribution in [3.8, 4) is 22.6 Å². The Bertz CT molecular complexity index is 1210. The van der Waals surface area contributed by atoms with E-state index in [0.29, 0.717) is 23.5 Å². The SMILES string of the molecule is CC(C)(C)C[C@H](F)c1ccc2c(c1)[C@]1(COC(N)=N1)c1cc(-c3cncnc3)ccc1O2. The van der Waals surface area contributed by atoms with E-state index in [4.69, 9.17) is 20.2 Å². The van der Waals surface area contributed by atoms with E-state index in [0.717, 1.165) is 22.3 Å². The summed E-state index contributed by atoms with van der Waals surface area (Å²) in [4.78, 5) is 12.9. The number of benzene rings is 2. The molecule has 1 aromatic heterocycles. The normalized spacial score (nSPS) is 20.1. The molecule has 0 saturated carbocycles. The Morgan fingerprint density at radius 2 is 1.72 bits per heavy atom. The smallest absolute Gasteiger partial charge is 0.283 e. The lowest BCUT2D eigenvalue weighted by molar-refractivity contribution is 0.226. The number of fused-ring (bicyclic) bond motifs is 4. The molecule has 2 N–H and O–H groups in total. The molecule has 5 rings (SSSR count). The molecule has 0 amide bonds. The monoisotopic (exact) mass is 432 g/mol. The van der Waals surface area contributed by atoms with Crippen LogP contribution in [0.4, 0.5) is 4.39 Å². The molecule has 0 radical (unpaired) electrons. The predicted molar refractivity (Wildman–Crippen MR) is 120 cm³/mol. The summed E-state index contributed by atoms with van der Waals surface area (Å²) in [5, 5.41) is 0. The van der Waals surface area contributed by atoms with Crippen molar-refractivity contribution in [1.29, 1.82) is 0 Å². The van der Waals surface area contributed by atoms with Gasteiger partial charge in [0, 0.05) is 29.1 Å². The van der Waals surface area contributed by atoms with Crippen LogP contribution in [0.2, 0.25) is 0 Å². The van der Waals surface area contributed by atoms with Crippen molar-refractivity contribution in [2.45, 2.75) is 38.9 Å². The Morgan fingerprint density at radius 1 is 1.03 bits per heavy atom. The molecular formula is C25H25FN4O2. The number of ether oxygens (including phenoxy) is 2. The molecule has 32 heavy (non-hydrogen) atoms. The van der Waals surface area contributed by atoms with Crippen molar-refractivity contribution in [2.24, 2.45) is 16.1 Å². The summed E-state index contributed by atoms with van der Waals surface area (Å²) < 4.78 is 27.0. The predicted octanol–water partition coefficient (Wildman–Crippen LogP) is 5.28. The van der Waals surface area contributed by atoms with Gasteiger partial charge in [-0.3, -0.25) is 0 Å². The van der Waals surface area contributed by atoms with Gasteiger partial charge in [0.1, 0.15) is 30.6 Å². The van der Waals surface area contributed by atoms with E-state index in [9.17, 15) is 0 Å². The third-order valence-corrected chi connectivity index (χ3v) is 5.87. The number of nitrogens with zero attached hydrogens (tertiary/aromatic N) is 3. The first-order valence-corrected chi connectivity index (χ1v) is 10.6. The average Bonchev–Trinajstić information content (AvgIpc) is 3.15. The lowest BCUT2D eigenvalue weighted by Crippen LogP contribution is -2.31. The van der Waals surface area contributed by atoms with Crippen molar-refractivity contribution in [2.75, 3.05) is 6.61 Å². The summed E-state index contributed by atoms with van der Waals surface area (Å²) in [6, 6.07) is 11.4. The number of halogens is 1. The lowest BCUT2D eigenvalue weighted by atomic mass is 9.79. The summed E-state index contributed by atoms with van der Waals surface area (Å²) in [6.45, 7) is 6.31. The van der Waals surface area contributed by atoms with Gasteiger partial charge in [-0.1, -0.05) is 32.9 Å². The van der Waals surface area contributed by atoms with E-state index in [1.807, 2.05) is 51.1 Å². The topological polar surface area (TPSA) is 82.6 Å². The summed E-state index contributed by atoms with van der Waals surface area (Å²) in [7, 11) is 0. The fourth-order valence-electron chi connectivity index (χ4n) is 4.35. The summed E-state index contributed by atoms with van der Waals surface area (Å²) >= 11 is 0. The van der Waals surface area contributed by atoms with Gasteiger partial charge < -0.3 is 15.2 Å². The summed E-state index contributed by atoms with van der Waals surface area (Å²) in [5.41, 5.74) is 8.89. The molecular weight excluding hydrogens is 407 g/mol. The second-order valence-electron chi connectivity index (χ2n) is 9.53. The zero-order chi connectivity index (χ0) is 22.5. The van der Waals surface area contributed by atoms with Gasteiger partial charge in [-0.15, -0.1) is 0 Å². The van der Waals surface area contributed by atoms with Crippen LogP contribution in [0.5, 0.6) is 11.5 Å². The Kier molecular flexibility index (Phi) is 4.65. The fraction of sp³-hybridized carbons (Fsp3) is 0.320. The molecule has 3 heterocycles. The van der Waals surface area contributed by atoms with Crippen LogP contribution in [0.15, 0.2) is 60.1 Å². The minimum Gasteiger partial charge on any atom is -0.462 e. The molecule has 1 spiro atoms. The highest BCUT2D eigenvalue weighted by Gasteiger charge is 2.47. The molecule has 2 aliphatic rings. The second-order valence-corrected chi connectivity index (χ2v) is 9.53. The lowest BCUT2D eigenvalue weighted by Gasteiger charge is -2.34. The largest absolute Gasteiger partial charge is 0.462 e. The molecule has 164 valence electrons. The molecule has 2 aliphatic heterocycles. The number of hydrogen-bond acceptors (Lipinski definition) is 6. The van der Waals surface area contributed by atoms with E-state index in [1.54, 1.807) is 18.5 Å². The van der Waals surface area contributed by atoms with Crippen LogP contribution >= 0.6 is 0 Å². The maximum atomic E-state index is 15.2. The van der Waals surface area contributed by atoms with Gasteiger partial charge in [0.15, 0.2) is 5.54 Å². The van der Waals surface area contributed by atoms with Crippen LogP contribution in [-0.4, -0.2) is 22.6 Å². The third kappa shape index (κ3) is 3.47. The number of nitrogens with two attached hydrogens (primary N) is 1. The highest BCUT2D eigenvalue weighted by Crippen LogP contribution is 2.52. The Labute approximate surface area is 186 Å². The zero-order valence-corrected chi connectivity index (χ0v) is 18.3. The fourth-order valence-corrected chi connectivity index (χ4v) is 4.35. The van der Waals surface area contributed by atoms with Crippen LogP contribution in [0.3, 0.4) is 0 Å². The van der Waals surface area contributed by atoms with E-state index >= 15 is 4.39 Å². The minimum atomic E-state index is -1.10. The van der Waals surface area contributed by atoms with Gasteiger partial charge in [-0.05, 0) is 47.2 Å². The number of hydrogen-bond donors (Lipinski definition) is 1. The van der Waals surface area contributed by atoms with Gasteiger partial charge in [-0.2, -0.15) is 0 Å². The molecule has 0 unspecified atom stereocenters. The van der Waals surface area contributed by atoms with E-state index < -0.39 is 11.7 Å². The van der Waals surface area contributed by atoms with E-state index in [2.05, 4.69) is 9.97 Å². The van der Waals surface area contributed by atoms with Crippen LogP contribution in [0, 0.1) is 5.41 Å². The highest BCUT2D eigenvalue weighted by atomic mass is 19.1. The number of rotatable bonds is 3. The standard InChI is InChI=1S/C25H25FN4O2/c1-24(2,3)10-20(26)16-5-7-22-19(9-16)25(13-31-23(27)30-25)18-8-15(4-6-21(18)32-22)17-11-28-14-29-12-17/h4-9,11-12,14,20H,10,13H2,1-3H3,(H2,27,30)/t20-,25-/m0/s1. The first kappa shape index (κ1) is 20.4. The zero-order valence-electron chi connectivity index (χ0n) is 18.3. The maximum absolute atomic E-state index is 15.2. The van der Waals surface area contributed by atoms with Gasteiger partial charge in [0.2, 0.25) is 0 Å². The van der Waals surface area contributed by atoms with Crippen molar-refractivity contribution in [3.63, 3.8) is 0 Å². The quantitative estimate of drug-likeness (QED) is 0.608. The Hall–Kier alpha value is -3.48. The van der Waals surface area contributed by atoms with E-state index in [-0.39, 0.29) is 18.0 Å². The van der Waals surface area contributed by atoms with Crippen molar-refractivity contribution in [1.82, 2.24) is 9.97 Å². The average molecular weight is 432 g/mol. The Morgan fingerprint density at radius 3 is 2.38 bits per heavy atom. The molecule has 2 aromatic carbocycles. The van der Waals surface area contributed by atoms with Crippen LogP contribution in [0.1, 0.15) is 50.1 Å². The van der Waals surface area contributed by atoms with Crippen LogP contribution in [0.25, 0.3) is 11.1 Å². The maximum Gasteiger partial charge on any atom is 0.283 e.